The lowest BCUT2D eigenvalue weighted by Crippen LogP contribution is -2.50. The number of rotatable bonds is 3. The predicted octanol–water partition coefficient (Wildman–Crippen LogP) is 1.24. The Morgan fingerprint density at radius 1 is 1.50 bits per heavy atom. The molecule has 14 heavy (non-hydrogen) atoms. The first kappa shape index (κ1) is 11.5. The molecule has 0 saturated carbocycles. The van der Waals surface area contributed by atoms with Gasteiger partial charge in [0.2, 0.25) is 5.91 Å². The van der Waals surface area contributed by atoms with Crippen LogP contribution in [0.5, 0.6) is 0 Å². The molecular formula is C11H22N2O. The summed E-state index contributed by atoms with van der Waals surface area (Å²) in [6, 6.07) is 0. The van der Waals surface area contributed by atoms with Gasteiger partial charge in [0.1, 0.15) is 0 Å². The number of hydrogen-bond acceptors (Lipinski definition) is 2. The Bertz CT molecular complexity index is 197. The topological polar surface area (TPSA) is 32.3 Å². The smallest absolute Gasteiger partial charge is 0.229 e. The first-order valence-electron chi connectivity index (χ1n) is 5.62. The van der Waals surface area contributed by atoms with Gasteiger partial charge in [-0.3, -0.25) is 4.79 Å². The SMILES string of the molecule is CCN(C)C(=O)C1(CC)CCCNC1. The largest absolute Gasteiger partial charge is 0.346 e. The van der Waals surface area contributed by atoms with Crippen molar-refractivity contribution in [2.45, 2.75) is 33.1 Å². The zero-order chi connectivity index (χ0) is 10.6. The Balaban J connectivity index is 2.72. The molecule has 3 nitrogen and oxygen atoms in total. The summed E-state index contributed by atoms with van der Waals surface area (Å²) < 4.78 is 0. The van der Waals surface area contributed by atoms with Crippen LogP contribution in [0.1, 0.15) is 33.1 Å². The number of carbonyl (C=O) groups is 1. The van der Waals surface area contributed by atoms with Crippen molar-refractivity contribution in [1.82, 2.24) is 10.2 Å². The summed E-state index contributed by atoms with van der Waals surface area (Å²) in [6.45, 7) is 6.87. The maximum atomic E-state index is 12.2. The molecule has 1 atom stereocenters. The Hall–Kier alpha value is -0.570. The van der Waals surface area contributed by atoms with E-state index in [1.54, 1.807) is 0 Å². The molecular weight excluding hydrogens is 176 g/mol. The Kier molecular flexibility index (Phi) is 3.93. The zero-order valence-electron chi connectivity index (χ0n) is 9.60. The molecule has 1 rings (SSSR count). The van der Waals surface area contributed by atoms with Gasteiger partial charge < -0.3 is 10.2 Å². The highest BCUT2D eigenvalue weighted by atomic mass is 16.2. The van der Waals surface area contributed by atoms with Gasteiger partial charge in [0.05, 0.1) is 5.41 Å². The number of nitrogens with zero attached hydrogens (tertiary/aromatic N) is 1. The zero-order valence-corrected chi connectivity index (χ0v) is 9.60. The Labute approximate surface area is 86.9 Å². The van der Waals surface area contributed by atoms with Crippen molar-refractivity contribution >= 4 is 5.91 Å². The maximum absolute atomic E-state index is 12.2. The molecule has 1 amide bonds. The summed E-state index contributed by atoms with van der Waals surface area (Å²) in [5, 5.41) is 3.34. The first-order chi connectivity index (χ1) is 6.66. The van der Waals surface area contributed by atoms with Crippen molar-refractivity contribution in [3.8, 4) is 0 Å². The van der Waals surface area contributed by atoms with E-state index in [1.165, 1.54) is 0 Å². The van der Waals surface area contributed by atoms with Gasteiger partial charge in [0.15, 0.2) is 0 Å². The van der Waals surface area contributed by atoms with Crippen LogP contribution in [0.25, 0.3) is 0 Å². The maximum Gasteiger partial charge on any atom is 0.229 e. The summed E-state index contributed by atoms with van der Waals surface area (Å²) >= 11 is 0. The predicted molar refractivity (Wildman–Crippen MR) is 58.1 cm³/mol. The normalized spacial score (nSPS) is 27.4. The molecule has 0 aromatic heterocycles. The molecule has 0 spiro atoms. The van der Waals surface area contributed by atoms with E-state index in [2.05, 4.69) is 12.2 Å². The minimum absolute atomic E-state index is 0.122. The van der Waals surface area contributed by atoms with Crippen molar-refractivity contribution in [3.05, 3.63) is 0 Å². The molecule has 0 aromatic carbocycles. The van der Waals surface area contributed by atoms with E-state index in [9.17, 15) is 4.79 Å². The molecule has 0 radical (unpaired) electrons. The third kappa shape index (κ3) is 2.08. The fourth-order valence-corrected chi connectivity index (χ4v) is 2.15. The Morgan fingerprint density at radius 3 is 2.64 bits per heavy atom. The molecule has 1 saturated heterocycles. The minimum Gasteiger partial charge on any atom is -0.346 e. The first-order valence-corrected chi connectivity index (χ1v) is 5.62. The fourth-order valence-electron chi connectivity index (χ4n) is 2.15. The van der Waals surface area contributed by atoms with Gasteiger partial charge in [0.25, 0.3) is 0 Å². The molecule has 1 unspecified atom stereocenters. The number of amides is 1. The van der Waals surface area contributed by atoms with Crippen LogP contribution in [0.15, 0.2) is 0 Å². The summed E-state index contributed by atoms with van der Waals surface area (Å²) in [4.78, 5) is 14.0. The van der Waals surface area contributed by atoms with E-state index in [4.69, 9.17) is 0 Å². The van der Waals surface area contributed by atoms with Gasteiger partial charge in [-0.25, -0.2) is 0 Å². The third-order valence-electron chi connectivity index (χ3n) is 3.42. The van der Waals surface area contributed by atoms with Crippen molar-refractivity contribution < 1.29 is 4.79 Å². The quantitative estimate of drug-likeness (QED) is 0.740. The lowest BCUT2D eigenvalue weighted by Gasteiger charge is -2.38. The van der Waals surface area contributed by atoms with Crippen LogP contribution in [0.4, 0.5) is 0 Å². The van der Waals surface area contributed by atoms with Crippen molar-refractivity contribution in [2.24, 2.45) is 5.41 Å². The monoisotopic (exact) mass is 198 g/mol. The van der Waals surface area contributed by atoms with E-state index in [0.29, 0.717) is 5.91 Å². The molecule has 1 heterocycles. The molecule has 0 bridgehead atoms. The molecule has 0 aromatic rings. The van der Waals surface area contributed by atoms with E-state index in [0.717, 1.165) is 38.9 Å². The standard InChI is InChI=1S/C11H22N2O/c1-4-11(7-6-8-12-9-11)10(14)13(3)5-2/h12H,4-9H2,1-3H3. The van der Waals surface area contributed by atoms with Crippen LogP contribution < -0.4 is 5.32 Å². The van der Waals surface area contributed by atoms with Crippen molar-refractivity contribution in [2.75, 3.05) is 26.7 Å². The number of piperidine rings is 1. The Morgan fingerprint density at radius 2 is 2.21 bits per heavy atom. The van der Waals surface area contributed by atoms with Crippen LogP contribution >= 0.6 is 0 Å². The van der Waals surface area contributed by atoms with E-state index < -0.39 is 0 Å². The van der Waals surface area contributed by atoms with Crippen molar-refractivity contribution in [1.29, 1.82) is 0 Å². The number of nitrogens with one attached hydrogen (secondary N) is 1. The highest BCUT2D eigenvalue weighted by Crippen LogP contribution is 2.31. The number of carbonyl (C=O) groups excluding carboxylic acids is 1. The molecule has 1 aliphatic heterocycles. The second-order valence-electron chi connectivity index (χ2n) is 4.23. The van der Waals surface area contributed by atoms with Gasteiger partial charge in [0, 0.05) is 20.1 Å². The van der Waals surface area contributed by atoms with Gasteiger partial charge in [-0.2, -0.15) is 0 Å². The van der Waals surface area contributed by atoms with E-state index in [-0.39, 0.29) is 5.41 Å². The van der Waals surface area contributed by atoms with Gasteiger partial charge in [-0.15, -0.1) is 0 Å². The van der Waals surface area contributed by atoms with Crippen LogP contribution in [0.2, 0.25) is 0 Å². The minimum atomic E-state index is -0.122. The number of hydrogen-bond donors (Lipinski definition) is 1. The van der Waals surface area contributed by atoms with E-state index >= 15 is 0 Å². The van der Waals surface area contributed by atoms with Crippen LogP contribution in [0.3, 0.4) is 0 Å². The molecule has 1 N–H and O–H groups in total. The van der Waals surface area contributed by atoms with Crippen molar-refractivity contribution in [3.63, 3.8) is 0 Å². The average Bonchev–Trinajstić information content (AvgIpc) is 2.28. The molecule has 0 aliphatic carbocycles. The molecule has 3 heteroatoms. The second-order valence-corrected chi connectivity index (χ2v) is 4.23. The van der Waals surface area contributed by atoms with Gasteiger partial charge in [-0.1, -0.05) is 6.92 Å². The molecule has 1 fully saturated rings. The summed E-state index contributed by atoms with van der Waals surface area (Å²) in [6.07, 6.45) is 3.11. The average molecular weight is 198 g/mol. The van der Waals surface area contributed by atoms with Gasteiger partial charge in [-0.05, 0) is 32.7 Å². The second kappa shape index (κ2) is 4.78. The summed E-state index contributed by atoms with van der Waals surface area (Å²) in [7, 11) is 1.90. The third-order valence-corrected chi connectivity index (χ3v) is 3.42. The summed E-state index contributed by atoms with van der Waals surface area (Å²) in [5.74, 6) is 0.315. The van der Waals surface area contributed by atoms with Crippen LogP contribution in [-0.2, 0) is 4.79 Å². The lowest BCUT2D eigenvalue weighted by atomic mass is 9.77. The van der Waals surface area contributed by atoms with E-state index in [1.807, 2.05) is 18.9 Å². The van der Waals surface area contributed by atoms with Crippen LogP contribution in [0, 0.1) is 5.41 Å². The summed E-state index contributed by atoms with van der Waals surface area (Å²) in [5.41, 5.74) is -0.122. The highest BCUT2D eigenvalue weighted by Gasteiger charge is 2.39. The highest BCUT2D eigenvalue weighted by molar-refractivity contribution is 5.82. The molecule has 1 aliphatic rings. The fraction of sp³-hybridized carbons (Fsp3) is 0.909. The molecule has 82 valence electrons. The van der Waals surface area contributed by atoms with Gasteiger partial charge >= 0.3 is 0 Å². The lowest BCUT2D eigenvalue weighted by molar-refractivity contribution is -0.142. The van der Waals surface area contributed by atoms with Crippen LogP contribution in [-0.4, -0.2) is 37.5 Å².